The molecule has 0 radical (unpaired) electrons. The highest BCUT2D eigenvalue weighted by atomic mass is 32.2. The predicted octanol–water partition coefficient (Wildman–Crippen LogP) is 0.226. The summed E-state index contributed by atoms with van der Waals surface area (Å²) in [4.78, 5) is 3.97. The van der Waals surface area contributed by atoms with Crippen LogP contribution in [-0.2, 0) is 19.9 Å². The second-order valence-electron chi connectivity index (χ2n) is 4.01. The summed E-state index contributed by atoms with van der Waals surface area (Å²) in [6.07, 6.45) is 1.48. The molecule has 0 fully saturated rings. The van der Waals surface area contributed by atoms with Gasteiger partial charge in [0.15, 0.2) is 9.84 Å². The Balaban J connectivity index is 2.84. The van der Waals surface area contributed by atoms with E-state index in [1.807, 2.05) is 6.92 Å². The molecule has 9 heteroatoms. The number of hydrogen-bond acceptors (Lipinski definition) is 6. The molecule has 1 heterocycles. The van der Waals surface area contributed by atoms with E-state index in [0.717, 1.165) is 0 Å². The first kappa shape index (κ1) is 16.9. The molecular weight excluding hydrogens is 302 g/mol. The molecule has 0 unspecified atom stereocenters. The Hall–Kier alpha value is -1.19. The summed E-state index contributed by atoms with van der Waals surface area (Å²) >= 11 is 0. The van der Waals surface area contributed by atoms with E-state index >= 15 is 0 Å². The van der Waals surface area contributed by atoms with Gasteiger partial charge in [-0.2, -0.15) is 0 Å². The highest BCUT2D eigenvalue weighted by Crippen LogP contribution is 2.17. The summed E-state index contributed by atoms with van der Waals surface area (Å²) in [7, 11) is -6.99. The van der Waals surface area contributed by atoms with E-state index in [-0.39, 0.29) is 28.8 Å². The Labute approximate surface area is 119 Å². The number of rotatable bonds is 8. The first-order valence-electron chi connectivity index (χ1n) is 6.21. The second-order valence-corrected chi connectivity index (χ2v) is 8.22. The zero-order chi connectivity index (χ0) is 15.2. The van der Waals surface area contributed by atoms with Crippen LogP contribution in [-0.4, -0.2) is 46.4 Å². The summed E-state index contributed by atoms with van der Waals surface area (Å²) in [5, 5.41) is 2.85. The number of nitrogens with zero attached hydrogens (tertiary/aromatic N) is 1. The lowest BCUT2D eigenvalue weighted by Crippen LogP contribution is -2.30. The molecular formula is C11H19N3O4S2. The fourth-order valence-corrected chi connectivity index (χ4v) is 3.46. The zero-order valence-electron chi connectivity index (χ0n) is 11.5. The summed E-state index contributed by atoms with van der Waals surface area (Å²) in [5.74, 6) is 0.0184. The minimum absolute atomic E-state index is 0.00966. The van der Waals surface area contributed by atoms with E-state index < -0.39 is 19.9 Å². The summed E-state index contributed by atoms with van der Waals surface area (Å²) < 4.78 is 49.2. The van der Waals surface area contributed by atoms with Crippen molar-refractivity contribution in [3.63, 3.8) is 0 Å². The van der Waals surface area contributed by atoms with Gasteiger partial charge in [-0.3, -0.25) is 0 Å². The SMILES string of the molecule is CCNc1ncccc1S(=O)(=O)NCCS(=O)(=O)CC. The molecule has 0 aliphatic rings. The topological polar surface area (TPSA) is 105 Å². The number of hydrogen-bond donors (Lipinski definition) is 2. The van der Waals surface area contributed by atoms with Crippen molar-refractivity contribution < 1.29 is 16.8 Å². The van der Waals surface area contributed by atoms with Gasteiger partial charge in [-0.15, -0.1) is 0 Å². The molecule has 2 N–H and O–H groups in total. The lowest BCUT2D eigenvalue weighted by Gasteiger charge is -2.11. The van der Waals surface area contributed by atoms with E-state index in [1.54, 1.807) is 0 Å². The lowest BCUT2D eigenvalue weighted by atomic mass is 10.4. The summed E-state index contributed by atoms with van der Waals surface area (Å²) in [6, 6.07) is 2.93. The number of anilines is 1. The summed E-state index contributed by atoms with van der Waals surface area (Å²) in [6.45, 7) is 3.73. The van der Waals surface area contributed by atoms with Crippen LogP contribution in [0, 0.1) is 0 Å². The monoisotopic (exact) mass is 321 g/mol. The van der Waals surface area contributed by atoms with E-state index in [2.05, 4.69) is 15.0 Å². The highest BCUT2D eigenvalue weighted by molar-refractivity contribution is 7.91. The van der Waals surface area contributed by atoms with Crippen LogP contribution in [0.3, 0.4) is 0 Å². The third-order valence-electron chi connectivity index (χ3n) is 2.55. The molecule has 7 nitrogen and oxygen atoms in total. The van der Waals surface area contributed by atoms with Crippen molar-refractivity contribution in [2.75, 3.05) is 29.9 Å². The number of aromatic nitrogens is 1. The van der Waals surface area contributed by atoms with Gasteiger partial charge in [0.1, 0.15) is 10.7 Å². The van der Waals surface area contributed by atoms with Gasteiger partial charge in [-0.25, -0.2) is 26.5 Å². The molecule has 0 aromatic carbocycles. The van der Waals surface area contributed by atoms with Gasteiger partial charge in [-0.1, -0.05) is 6.92 Å². The van der Waals surface area contributed by atoms with E-state index in [0.29, 0.717) is 6.54 Å². The second kappa shape index (κ2) is 7.00. The maximum atomic E-state index is 12.1. The highest BCUT2D eigenvalue weighted by Gasteiger charge is 2.19. The van der Waals surface area contributed by atoms with Crippen molar-refractivity contribution >= 4 is 25.7 Å². The Morgan fingerprint density at radius 1 is 1.20 bits per heavy atom. The largest absolute Gasteiger partial charge is 0.369 e. The average molecular weight is 321 g/mol. The van der Waals surface area contributed by atoms with Crippen LogP contribution in [0.5, 0.6) is 0 Å². The molecule has 1 aromatic heterocycles. The van der Waals surface area contributed by atoms with Gasteiger partial charge in [0.2, 0.25) is 10.0 Å². The first-order valence-corrected chi connectivity index (χ1v) is 9.52. The van der Waals surface area contributed by atoms with Crippen LogP contribution in [0.1, 0.15) is 13.8 Å². The van der Waals surface area contributed by atoms with Crippen molar-refractivity contribution in [1.29, 1.82) is 0 Å². The van der Waals surface area contributed by atoms with Crippen LogP contribution >= 0.6 is 0 Å². The van der Waals surface area contributed by atoms with Crippen LogP contribution in [0.25, 0.3) is 0 Å². The molecule has 0 atom stereocenters. The number of pyridine rings is 1. The van der Waals surface area contributed by atoms with E-state index in [1.165, 1.54) is 25.3 Å². The first-order chi connectivity index (χ1) is 9.32. The van der Waals surface area contributed by atoms with Crippen LogP contribution in [0.2, 0.25) is 0 Å². The fraction of sp³-hybridized carbons (Fsp3) is 0.545. The van der Waals surface area contributed by atoms with Crippen LogP contribution < -0.4 is 10.0 Å². The van der Waals surface area contributed by atoms with Gasteiger partial charge in [0.25, 0.3) is 0 Å². The fourth-order valence-electron chi connectivity index (χ4n) is 1.46. The molecule has 1 aromatic rings. The summed E-state index contributed by atoms with van der Waals surface area (Å²) in [5.41, 5.74) is 0. The molecule has 0 bridgehead atoms. The normalized spacial score (nSPS) is 12.3. The van der Waals surface area contributed by atoms with Gasteiger partial charge in [0.05, 0.1) is 5.75 Å². The van der Waals surface area contributed by atoms with Gasteiger partial charge < -0.3 is 5.32 Å². The van der Waals surface area contributed by atoms with Crippen molar-refractivity contribution in [2.45, 2.75) is 18.7 Å². The smallest absolute Gasteiger partial charge is 0.244 e. The molecule has 114 valence electrons. The van der Waals surface area contributed by atoms with Crippen molar-refractivity contribution in [3.05, 3.63) is 18.3 Å². The Morgan fingerprint density at radius 3 is 2.50 bits per heavy atom. The Morgan fingerprint density at radius 2 is 1.90 bits per heavy atom. The van der Waals surface area contributed by atoms with Gasteiger partial charge in [-0.05, 0) is 19.1 Å². The number of nitrogens with one attached hydrogen (secondary N) is 2. The average Bonchev–Trinajstić information content (AvgIpc) is 2.39. The van der Waals surface area contributed by atoms with E-state index in [9.17, 15) is 16.8 Å². The van der Waals surface area contributed by atoms with Gasteiger partial charge >= 0.3 is 0 Å². The van der Waals surface area contributed by atoms with E-state index in [4.69, 9.17) is 0 Å². The molecule has 0 aliphatic heterocycles. The van der Waals surface area contributed by atoms with Crippen LogP contribution in [0.4, 0.5) is 5.82 Å². The van der Waals surface area contributed by atoms with Gasteiger partial charge in [0, 0.05) is 25.0 Å². The molecule has 0 amide bonds. The molecule has 0 spiro atoms. The molecule has 1 rings (SSSR count). The zero-order valence-corrected chi connectivity index (χ0v) is 13.1. The third-order valence-corrected chi connectivity index (χ3v) is 5.75. The third kappa shape index (κ3) is 4.73. The predicted molar refractivity (Wildman–Crippen MR) is 77.9 cm³/mol. The van der Waals surface area contributed by atoms with Crippen molar-refractivity contribution in [3.8, 4) is 0 Å². The minimum Gasteiger partial charge on any atom is -0.369 e. The molecule has 0 saturated heterocycles. The quantitative estimate of drug-likeness (QED) is 0.710. The van der Waals surface area contributed by atoms with Crippen LogP contribution in [0.15, 0.2) is 23.2 Å². The molecule has 0 aliphatic carbocycles. The molecule has 20 heavy (non-hydrogen) atoms. The Bertz CT molecular complexity index is 641. The Kier molecular flexibility index (Phi) is 5.90. The number of sulfonamides is 1. The number of sulfone groups is 1. The van der Waals surface area contributed by atoms with Crippen molar-refractivity contribution in [1.82, 2.24) is 9.71 Å². The maximum absolute atomic E-state index is 12.1. The molecule has 0 saturated carbocycles. The maximum Gasteiger partial charge on any atom is 0.244 e. The minimum atomic E-state index is -3.78. The van der Waals surface area contributed by atoms with Crippen molar-refractivity contribution in [2.24, 2.45) is 0 Å². The standard InChI is InChI=1S/C11H19N3O4S2/c1-3-12-11-10(6-5-7-13-11)20(17,18)14-8-9-19(15,16)4-2/h5-7,14H,3-4,8-9H2,1-2H3,(H,12,13). The lowest BCUT2D eigenvalue weighted by molar-refractivity contribution is 0.581.